The fourth-order valence-electron chi connectivity index (χ4n) is 2.11. The van der Waals surface area contributed by atoms with Crippen molar-refractivity contribution in [1.82, 2.24) is 5.43 Å². The Morgan fingerprint density at radius 2 is 2.21 bits per heavy atom. The van der Waals surface area contributed by atoms with Gasteiger partial charge in [0.25, 0.3) is 0 Å². The van der Waals surface area contributed by atoms with E-state index in [-0.39, 0.29) is 11.8 Å². The van der Waals surface area contributed by atoms with E-state index in [0.29, 0.717) is 6.42 Å². The van der Waals surface area contributed by atoms with Crippen molar-refractivity contribution in [2.45, 2.75) is 25.2 Å². The van der Waals surface area contributed by atoms with Gasteiger partial charge in [0.05, 0.1) is 5.71 Å². The summed E-state index contributed by atoms with van der Waals surface area (Å²) in [5, 5.41) is 4.15. The van der Waals surface area contributed by atoms with Crippen LogP contribution in [0.5, 0.6) is 0 Å². The molecule has 4 heteroatoms. The summed E-state index contributed by atoms with van der Waals surface area (Å²) in [4.78, 5) is 12.5. The zero-order valence-electron chi connectivity index (χ0n) is 11.4. The Morgan fingerprint density at radius 1 is 1.47 bits per heavy atom. The van der Waals surface area contributed by atoms with Crippen LogP contribution in [0, 0.1) is 5.92 Å². The third-order valence-corrected chi connectivity index (χ3v) is 4.00. The summed E-state index contributed by atoms with van der Waals surface area (Å²) < 4.78 is 0. The zero-order chi connectivity index (χ0) is 13.8. The van der Waals surface area contributed by atoms with E-state index in [1.54, 1.807) is 11.8 Å². The van der Waals surface area contributed by atoms with Crippen LogP contribution in [0.3, 0.4) is 0 Å². The summed E-state index contributed by atoms with van der Waals surface area (Å²) in [6.07, 6.45) is 4.65. The van der Waals surface area contributed by atoms with Crippen LogP contribution in [0.25, 0.3) is 5.57 Å². The Hall–Kier alpha value is -1.55. The largest absolute Gasteiger partial charge is 0.273 e. The lowest BCUT2D eigenvalue weighted by Crippen LogP contribution is -2.30. The second-order valence-corrected chi connectivity index (χ2v) is 5.55. The Labute approximate surface area is 118 Å². The molecule has 1 aromatic carbocycles. The van der Waals surface area contributed by atoms with Crippen molar-refractivity contribution < 1.29 is 4.79 Å². The minimum absolute atomic E-state index is 0.00758. The third kappa shape index (κ3) is 3.26. The van der Waals surface area contributed by atoms with Crippen molar-refractivity contribution in [2.75, 3.05) is 6.26 Å². The van der Waals surface area contributed by atoms with Gasteiger partial charge < -0.3 is 0 Å². The van der Waals surface area contributed by atoms with Crippen molar-refractivity contribution in [3.63, 3.8) is 0 Å². The molecule has 1 atom stereocenters. The SMILES string of the molecule is CSc1ccccc1C(C)=CC1=NNC(=O)CC1C. The van der Waals surface area contributed by atoms with E-state index >= 15 is 0 Å². The highest BCUT2D eigenvalue weighted by Gasteiger charge is 2.18. The molecular weight excluding hydrogens is 256 g/mol. The Balaban J connectivity index is 2.30. The molecule has 0 bridgehead atoms. The highest BCUT2D eigenvalue weighted by Crippen LogP contribution is 2.27. The first kappa shape index (κ1) is 13.9. The molecule has 0 saturated heterocycles. The van der Waals surface area contributed by atoms with Gasteiger partial charge in [-0.3, -0.25) is 4.79 Å². The summed E-state index contributed by atoms with van der Waals surface area (Å²) >= 11 is 1.74. The number of benzene rings is 1. The van der Waals surface area contributed by atoms with Gasteiger partial charge in [-0.05, 0) is 36.5 Å². The molecule has 0 aromatic heterocycles. The molecule has 0 fully saturated rings. The summed E-state index contributed by atoms with van der Waals surface area (Å²) in [5.74, 6) is 0.164. The molecule has 0 spiro atoms. The van der Waals surface area contributed by atoms with E-state index < -0.39 is 0 Å². The molecule has 1 aromatic rings. The number of amides is 1. The predicted molar refractivity (Wildman–Crippen MR) is 81.2 cm³/mol. The number of thioether (sulfide) groups is 1. The van der Waals surface area contributed by atoms with Crippen molar-refractivity contribution >= 4 is 29.0 Å². The van der Waals surface area contributed by atoms with Gasteiger partial charge in [-0.2, -0.15) is 5.10 Å². The number of carbonyl (C=O) groups excluding carboxylic acids is 1. The molecule has 2 rings (SSSR count). The average Bonchev–Trinajstić information content (AvgIpc) is 2.41. The van der Waals surface area contributed by atoms with Crippen LogP contribution >= 0.6 is 11.8 Å². The van der Waals surface area contributed by atoms with Gasteiger partial charge in [-0.15, -0.1) is 11.8 Å². The van der Waals surface area contributed by atoms with E-state index in [1.165, 1.54) is 16.0 Å². The van der Waals surface area contributed by atoms with E-state index in [9.17, 15) is 4.79 Å². The van der Waals surface area contributed by atoms with Crippen LogP contribution in [0.15, 0.2) is 40.3 Å². The molecule has 1 aliphatic heterocycles. The molecule has 100 valence electrons. The molecule has 1 N–H and O–H groups in total. The fourth-order valence-corrected chi connectivity index (χ4v) is 2.77. The Morgan fingerprint density at radius 3 is 2.89 bits per heavy atom. The highest BCUT2D eigenvalue weighted by molar-refractivity contribution is 7.98. The lowest BCUT2D eigenvalue weighted by atomic mass is 9.96. The van der Waals surface area contributed by atoms with Gasteiger partial charge in [-0.25, -0.2) is 5.43 Å². The van der Waals surface area contributed by atoms with Crippen molar-refractivity contribution in [3.05, 3.63) is 35.9 Å². The number of rotatable bonds is 3. The van der Waals surface area contributed by atoms with Crippen LogP contribution < -0.4 is 5.43 Å². The molecule has 0 radical (unpaired) electrons. The normalized spacial score (nSPS) is 19.9. The minimum Gasteiger partial charge on any atom is -0.273 e. The molecule has 3 nitrogen and oxygen atoms in total. The van der Waals surface area contributed by atoms with Crippen LogP contribution in [-0.2, 0) is 4.79 Å². The van der Waals surface area contributed by atoms with E-state index in [1.807, 2.05) is 19.1 Å². The first-order chi connectivity index (χ1) is 9.11. The average molecular weight is 274 g/mol. The number of hydrogen-bond acceptors (Lipinski definition) is 3. The fraction of sp³-hybridized carbons (Fsp3) is 0.333. The van der Waals surface area contributed by atoms with E-state index in [0.717, 1.165) is 5.71 Å². The lowest BCUT2D eigenvalue weighted by Gasteiger charge is -2.17. The van der Waals surface area contributed by atoms with Crippen molar-refractivity contribution in [3.8, 4) is 0 Å². The van der Waals surface area contributed by atoms with Crippen LogP contribution in [-0.4, -0.2) is 17.9 Å². The lowest BCUT2D eigenvalue weighted by molar-refractivity contribution is -0.121. The number of nitrogens with zero attached hydrogens (tertiary/aromatic N) is 1. The maximum Gasteiger partial charge on any atom is 0.240 e. The third-order valence-electron chi connectivity index (χ3n) is 3.20. The van der Waals surface area contributed by atoms with Gasteiger partial charge in [0.1, 0.15) is 0 Å². The molecule has 0 aliphatic carbocycles. The maximum absolute atomic E-state index is 11.2. The zero-order valence-corrected chi connectivity index (χ0v) is 12.3. The Kier molecular flexibility index (Phi) is 4.43. The first-order valence-corrected chi connectivity index (χ1v) is 7.52. The monoisotopic (exact) mass is 274 g/mol. The minimum atomic E-state index is -0.00758. The first-order valence-electron chi connectivity index (χ1n) is 6.30. The standard InChI is InChI=1S/C15H18N2OS/c1-10(12-6-4-5-7-14(12)19-3)8-13-11(2)9-15(18)17-16-13/h4-8,11H,9H2,1-3H3,(H,17,18). The summed E-state index contributed by atoms with van der Waals surface area (Å²) in [7, 11) is 0. The smallest absolute Gasteiger partial charge is 0.240 e. The number of nitrogens with one attached hydrogen (secondary N) is 1. The van der Waals surface area contributed by atoms with Gasteiger partial charge in [0.2, 0.25) is 5.91 Å². The molecule has 19 heavy (non-hydrogen) atoms. The summed E-state index contributed by atoms with van der Waals surface area (Å²) in [6, 6.07) is 8.32. The van der Waals surface area contributed by atoms with Crippen LogP contribution in [0.4, 0.5) is 0 Å². The van der Waals surface area contributed by atoms with E-state index in [2.05, 4.69) is 41.9 Å². The van der Waals surface area contributed by atoms with Crippen molar-refractivity contribution in [2.24, 2.45) is 11.0 Å². The number of hydrazone groups is 1. The van der Waals surface area contributed by atoms with Gasteiger partial charge in [0, 0.05) is 17.2 Å². The second kappa shape index (κ2) is 6.06. The second-order valence-electron chi connectivity index (χ2n) is 4.70. The van der Waals surface area contributed by atoms with E-state index in [4.69, 9.17) is 0 Å². The predicted octanol–water partition coefficient (Wildman–Crippen LogP) is 3.32. The molecule has 1 heterocycles. The molecule has 0 saturated carbocycles. The van der Waals surface area contributed by atoms with Gasteiger partial charge in [-0.1, -0.05) is 25.1 Å². The molecule has 1 aliphatic rings. The number of hydrogen-bond donors (Lipinski definition) is 1. The maximum atomic E-state index is 11.2. The molecule has 1 unspecified atom stereocenters. The van der Waals surface area contributed by atoms with Gasteiger partial charge in [0.15, 0.2) is 0 Å². The number of allylic oxidation sites excluding steroid dienone is 2. The summed E-state index contributed by atoms with van der Waals surface area (Å²) in [5.41, 5.74) is 5.88. The molecule has 1 amide bonds. The van der Waals surface area contributed by atoms with Gasteiger partial charge >= 0.3 is 0 Å². The molecular formula is C15H18N2OS. The highest BCUT2D eigenvalue weighted by atomic mass is 32.2. The quantitative estimate of drug-likeness (QED) is 0.859. The van der Waals surface area contributed by atoms with Crippen LogP contribution in [0.1, 0.15) is 25.8 Å². The van der Waals surface area contributed by atoms with Crippen molar-refractivity contribution in [1.29, 1.82) is 0 Å². The summed E-state index contributed by atoms with van der Waals surface area (Å²) in [6.45, 7) is 4.11. The van der Waals surface area contributed by atoms with Crippen LogP contribution in [0.2, 0.25) is 0 Å². The Bertz CT molecular complexity index is 549. The topological polar surface area (TPSA) is 41.5 Å². The number of carbonyl (C=O) groups is 1.